The number of fused-ring (bicyclic) bond motifs is 5. The number of aliphatic hydroxyl groups is 2. The lowest BCUT2D eigenvalue weighted by Crippen LogP contribution is -2.54. The first-order valence-corrected chi connectivity index (χ1v) is 13.2. The molecule has 0 amide bonds. The van der Waals surface area contributed by atoms with Gasteiger partial charge < -0.3 is 14.9 Å². The zero-order valence-electron chi connectivity index (χ0n) is 19.9. The molecule has 5 aliphatic rings. The molecular weight excluding hydrogens is 372 g/mol. The van der Waals surface area contributed by atoms with Crippen LogP contribution in [0.2, 0.25) is 0 Å². The van der Waals surface area contributed by atoms with Crippen LogP contribution >= 0.6 is 0 Å². The molecule has 3 heteroatoms. The molecule has 4 saturated carbocycles. The smallest absolute Gasteiger partial charge is 0.0604 e. The van der Waals surface area contributed by atoms with E-state index in [4.69, 9.17) is 4.74 Å². The largest absolute Gasteiger partial charge is 0.393 e. The summed E-state index contributed by atoms with van der Waals surface area (Å²) in [7, 11) is 0. The van der Waals surface area contributed by atoms with Crippen molar-refractivity contribution in [2.24, 2.45) is 52.3 Å². The normalized spacial score (nSPS) is 57.2. The summed E-state index contributed by atoms with van der Waals surface area (Å²) >= 11 is 0. The molecule has 5 fully saturated rings. The third-order valence-corrected chi connectivity index (χ3v) is 11.4. The van der Waals surface area contributed by atoms with Gasteiger partial charge in [0.25, 0.3) is 0 Å². The molecule has 5 rings (SSSR count). The molecule has 30 heavy (non-hydrogen) atoms. The highest BCUT2D eigenvalue weighted by Crippen LogP contribution is 2.68. The Balaban J connectivity index is 1.37. The van der Waals surface area contributed by atoms with Crippen molar-refractivity contribution in [2.75, 3.05) is 6.61 Å². The van der Waals surface area contributed by atoms with Crippen LogP contribution in [0.25, 0.3) is 0 Å². The standard InChI is InChI=1S/C27H46O3/c1-16-5-8-24(30-15-16)17(2)25-23(29)14-22-20-7-6-18-13-19(28)9-11-26(18,3)21(20)10-12-27(22,25)4/h16-25,28-29H,5-15H2,1-4H3/t16?,17?,18?,19?,20-,21+,22+,23?,24?,25+,26+,27+/m1/s1. The second-order valence-corrected chi connectivity index (χ2v) is 12.9. The topological polar surface area (TPSA) is 49.7 Å². The lowest BCUT2D eigenvalue weighted by Gasteiger charge is -2.61. The van der Waals surface area contributed by atoms with Gasteiger partial charge in [0.15, 0.2) is 0 Å². The van der Waals surface area contributed by atoms with Crippen LogP contribution in [-0.4, -0.2) is 35.1 Å². The Bertz CT molecular complexity index is 628. The lowest BCUT2D eigenvalue weighted by molar-refractivity contribution is -0.138. The first kappa shape index (κ1) is 21.7. The second-order valence-electron chi connectivity index (χ2n) is 12.9. The molecule has 1 heterocycles. The van der Waals surface area contributed by atoms with Crippen molar-refractivity contribution in [3.63, 3.8) is 0 Å². The van der Waals surface area contributed by atoms with Gasteiger partial charge in [-0.3, -0.25) is 0 Å². The van der Waals surface area contributed by atoms with Gasteiger partial charge in [0.1, 0.15) is 0 Å². The van der Waals surface area contributed by atoms with Gasteiger partial charge in [-0.05, 0) is 116 Å². The summed E-state index contributed by atoms with van der Waals surface area (Å²) in [6.45, 7) is 10.7. The molecule has 3 nitrogen and oxygen atoms in total. The average Bonchev–Trinajstić information content (AvgIpc) is 2.98. The van der Waals surface area contributed by atoms with Crippen molar-refractivity contribution in [1.82, 2.24) is 0 Å². The maximum Gasteiger partial charge on any atom is 0.0604 e. The fourth-order valence-electron chi connectivity index (χ4n) is 9.79. The maximum atomic E-state index is 11.4. The fraction of sp³-hybridized carbons (Fsp3) is 1.00. The van der Waals surface area contributed by atoms with E-state index in [1.165, 1.54) is 44.9 Å². The van der Waals surface area contributed by atoms with Crippen molar-refractivity contribution in [3.05, 3.63) is 0 Å². The second kappa shape index (κ2) is 7.73. The number of ether oxygens (including phenoxy) is 1. The van der Waals surface area contributed by atoms with Gasteiger partial charge in [-0.1, -0.05) is 27.7 Å². The SMILES string of the molecule is CC1CCC(C(C)[C@H]2C(O)C[C@H]3[C@@H]4CCC5CC(O)CC[C@]5(C)[C@H]4CC[C@]23C)OC1. The van der Waals surface area contributed by atoms with E-state index in [1.54, 1.807) is 0 Å². The van der Waals surface area contributed by atoms with E-state index in [1.807, 2.05) is 0 Å². The highest BCUT2D eigenvalue weighted by molar-refractivity contribution is 5.12. The average molecular weight is 419 g/mol. The van der Waals surface area contributed by atoms with Crippen LogP contribution in [-0.2, 0) is 4.74 Å². The van der Waals surface area contributed by atoms with Gasteiger partial charge >= 0.3 is 0 Å². The van der Waals surface area contributed by atoms with E-state index in [9.17, 15) is 10.2 Å². The quantitative estimate of drug-likeness (QED) is 0.629. The summed E-state index contributed by atoms with van der Waals surface area (Å²) in [4.78, 5) is 0. The first-order chi connectivity index (χ1) is 14.2. The van der Waals surface area contributed by atoms with Gasteiger partial charge in [0.05, 0.1) is 18.3 Å². The molecule has 0 aromatic carbocycles. The predicted molar refractivity (Wildman–Crippen MR) is 120 cm³/mol. The lowest BCUT2D eigenvalue weighted by atomic mass is 9.44. The Kier molecular flexibility index (Phi) is 5.60. The van der Waals surface area contributed by atoms with Gasteiger partial charge in [-0.15, -0.1) is 0 Å². The molecule has 0 aromatic rings. The predicted octanol–water partition coefficient (Wildman–Crippen LogP) is 5.43. The molecule has 172 valence electrons. The van der Waals surface area contributed by atoms with Gasteiger partial charge in [0.2, 0.25) is 0 Å². The van der Waals surface area contributed by atoms with E-state index in [0.717, 1.165) is 37.7 Å². The van der Waals surface area contributed by atoms with E-state index in [0.29, 0.717) is 41.1 Å². The van der Waals surface area contributed by atoms with E-state index in [2.05, 4.69) is 27.7 Å². The minimum absolute atomic E-state index is 0.0646. The van der Waals surface area contributed by atoms with E-state index in [-0.39, 0.29) is 17.6 Å². The number of hydrogen-bond acceptors (Lipinski definition) is 3. The maximum absolute atomic E-state index is 11.4. The van der Waals surface area contributed by atoms with Crippen molar-refractivity contribution in [2.45, 2.75) is 110 Å². The minimum Gasteiger partial charge on any atom is -0.393 e. The highest BCUT2D eigenvalue weighted by Gasteiger charge is 2.63. The Morgan fingerprint density at radius 2 is 1.63 bits per heavy atom. The van der Waals surface area contributed by atoms with E-state index >= 15 is 0 Å². The summed E-state index contributed by atoms with van der Waals surface area (Å²) in [5.41, 5.74) is 0.685. The Hall–Kier alpha value is -0.120. The Labute approximate surface area is 184 Å². The molecule has 1 aliphatic heterocycles. The number of aliphatic hydroxyl groups excluding tert-OH is 2. The molecule has 2 N–H and O–H groups in total. The first-order valence-electron chi connectivity index (χ1n) is 13.2. The van der Waals surface area contributed by atoms with Crippen LogP contribution in [0.3, 0.4) is 0 Å². The van der Waals surface area contributed by atoms with Crippen LogP contribution in [0.4, 0.5) is 0 Å². The van der Waals surface area contributed by atoms with Crippen LogP contribution < -0.4 is 0 Å². The summed E-state index contributed by atoms with van der Waals surface area (Å²) in [6, 6.07) is 0. The van der Waals surface area contributed by atoms with Crippen molar-refractivity contribution in [3.8, 4) is 0 Å². The van der Waals surface area contributed by atoms with Crippen molar-refractivity contribution < 1.29 is 14.9 Å². The molecule has 6 unspecified atom stereocenters. The van der Waals surface area contributed by atoms with Gasteiger partial charge in [0, 0.05) is 6.61 Å². The summed E-state index contributed by atoms with van der Waals surface area (Å²) in [5, 5.41) is 21.6. The van der Waals surface area contributed by atoms with Crippen LogP contribution in [0, 0.1) is 52.3 Å². The summed E-state index contributed by atoms with van der Waals surface area (Å²) in [5.74, 6) is 4.49. The van der Waals surface area contributed by atoms with Crippen LogP contribution in [0.5, 0.6) is 0 Å². The molecule has 0 aromatic heterocycles. The van der Waals surface area contributed by atoms with E-state index < -0.39 is 0 Å². The summed E-state index contributed by atoms with van der Waals surface area (Å²) < 4.78 is 6.31. The molecule has 0 bridgehead atoms. The van der Waals surface area contributed by atoms with Crippen LogP contribution in [0.1, 0.15) is 91.9 Å². The fourth-order valence-corrected chi connectivity index (χ4v) is 9.79. The van der Waals surface area contributed by atoms with Crippen LogP contribution in [0.15, 0.2) is 0 Å². The molecule has 0 radical (unpaired) electrons. The van der Waals surface area contributed by atoms with Crippen molar-refractivity contribution in [1.29, 1.82) is 0 Å². The highest BCUT2D eigenvalue weighted by atomic mass is 16.5. The Morgan fingerprint density at radius 3 is 2.37 bits per heavy atom. The monoisotopic (exact) mass is 418 g/mol. The minimum atomic E-state index is -0.157. The number of rotatable bonds is 2. The number of hydrogen-bond donors (Lipinski definition) is 2. The van der Waals surface area contributed by atoms with Gasteiger partial charge in [-0.2, -0.15) is 0 Å². The van der Waals surface area contributed by atoms with Crippen molar-refractivity contribution >= 4 is 0 Å². The van der Waals surface area contributed by atoms with Gasteiger partial charge in [-0.25, -0.2) is 0 Å². The molecule has 1 saturated heterocycles. The molecule has 4 aliphatic carbocycles. The molecular formula is C27H46O3. The Morgan fingerprint density at radius 1 is 0.867 bits per heavy atom. The zero-order valence-corrected chi connectivity index (χ0v) is 19.9. The molecule has 0 spiro atoms. The third-order valence-electron chi connectivity index (χ3n) is 11.4. The zero-order chi connectivity index (χ0) is 21.3. The third kappa shape index (κ3) is 3.24. The summed E-state index contributed by atoms with van der Waals surface area (Å²) in [6.07, 6.45) is 12.0. The molecule has 12 atom stereocenters.